The maximum atomic E-state index is 14.4. The number of amides is 1. The van der Waals surface area contributed by atoms with E-state index in [4.69, 9.17) is 11.2 Å². The predicted octanol–water partition coefficient (Wildman–Crippen LogP) is 1.79. The summed E-state index contributed by atoms with van der Waals surface area (Å²) in [7, 11) is -0.562. The van der Waals surface area contributed by atoms with Crippen molar-refractivity contribution in [3.63, 3.8) is 0 Å². The van der Waals surface area contributed by atoms with Crippen molar-refractivity contribution in [2.24, 2.45) is 5.41 Å². The predicted molar refractivity (Wildman–Crippen MR) is 72.4 cm³/mol. The molecule has 6 heteroatoms. The van der Waals surface area contributed by atoms with Crippen LogP contribution in [-0.4, -0.2) is 21.0 Å². The molecule has 98 valence electrons. The summed E-state index contributed by atoms with van der Waals surface area (Å²) in [5.41, 5.74) is 1.86. The van der Waals surface area contributed by atoms with Gasteiger partial charge in [-0.2, -0.15) is 0 Å². The second-order valence-corrected chi connectivity index (χ2v) is 8.51. The van der Waals surface area contributed by atoms with Gasteiger partial charge in [-0.05, 0) is 32.7 Å². The van der Waals surface area contributed by atoms with E-state index in [1.807, 2.05) is 10.8 Å². The zero-order valence-electron chi connectivity index (χ0n) is 10.6. The average Bonchev–Trinajstić information content (AvgIpc) is 2.81. The van der Waals surface area contributed by atoms with Gasteiger partial charge >= 0.3 is 0 Å². The second kappa shape index (κ2) is 3.63. The Kier molecular flexibility index (Phi) is 2.48. The SMILES string of the molecule is CS(=S)N1Cc2c(c(F)c3n2CC(C)(C)C3)C1=O. The van der Waals surface area contributed by atoms with Crippen LogP contribution < -0.4 is 0 Å². The molecule has 3 nitrogen and oxygen atoms in total. The highest BCUT2D eigenvalue weighted by molar-refractivity contribution is 8.27. The van der Waals surface area contributed by atoms with Crippen LogP contribution in [0.3, 0.4) is 0 Å². The van der Waals surface area contributed by atoms with Gasteiger partial charge < -0.3 is 4.57 Å². The maximum Gasteiger partial charge on any atom is 0.269 e. The molecule has 0 saturated carbocycles. The summed E-state index contributed by atoms with van der Waals surface area (Å²) in [4.78, 5) is 12.1. The molecule has 1 unspecified atom stereocenters. The van der Waals surface area contributed by atoms with Crippen LogP contribution in [0.4, 0.5) is 4.39 Å². The van der Waals surface area contributed by atoms with Crippen molar-refractivity contribution in [3.8, 4) is 0 Å². The van der Waals surface area contributed by atoms with Crippen molar-refractivity contribution in [1.29, 1.82) is 0 Å². The standard InChI is InChI=1S/C12H15FN2OS2/c1-12(2)4-7-10(13)9-8(14(7)6-12)5-15(11(9)16)18(3)17/h4-6H2,1-3H3. The van der Waals surface area contributed by atoms with Crippen molar-refractivity contribution in [3.05, 3.63) is 22.8 Å². The molecule has 2 aliphatic rings. The molecule has 1 aromatic rings. The van der Waals surface area contributed by atoms with Crippen molar-refractivity contribution in [2.45, 2.75) is 33.4 Å². The van der Waals surface area contributed by atoms with Crippen molar-refractivity contribution in [2.75, 3.05) is 6.26 Å². The molecule has 1 atom stereocenters. The quantitative estimate of drug-likeness (QED) is 0.786. The number of rotatable bonds is 1. The molecule has 1 amide bonds. The molecule has 0 aromatic carbocycles. The third-order valence-corrected chi connectivity index (χ3v) is 5.14. The van der Waals surface area contributed by atoms with Crippen molar-refractivity contribution in [1.82, 2.24) is 8.87 Å². The first-order valence-electron chi connectivity index (χ1n) is 5.87. The zero-order valence-corrected chi connectivity index (χ0v) is 12.3. The minimum atomic E-state index is -0.562. The van der Waals surface area contributed by atoms with Gasteiger partial charge in [-0.1, -0.05) is 13.8 Å². The molecule has 0 aliphatic carbocycles. The highest BCUT2D eigenvalue weighted by Crippen LogP contribution is 2.40. The van der Waals surface area contributed by atoms with E-state index in [1.165, 1.54) is 0 Å². The topological polar surface area (TPSA) is 25.2 Å². The lowest BCUT2D eigenvalue weighted by Gasteiger charge is -2.16. The molecule has 0 N–H and O–H groups in total. The summed E-state index contributed by atoms with van der Waals surface area (Å²) < 4.78 is 17.9. The molecule has 0 radical (unpaired) electrons. The maximum absolute atomic E-state index is 14.4. The molecule has 0 fully saturated rings. The number of fused-ring (bicyclic) bond motifs is 3. The fraction of sp³-hybridized carbons (Fsp3) is 0.583. The third kappa shape index (κ3) is 1.51. The molecule has 18 heavy (non-hydrogen) atoms. The zero-order chi connectivity index (χ0) is 13.2. The van der Waals surface area contributed by atoms with Gasteiger partial charge in [0.25, 0.3) is 5.91 Å². The van der Waals surface area contributed by atoms with Crippen LogP contribution in [0.1, 0.15) is 35.6 Å². The van der Waals surface area contributed by atoms with Gasteiger partial charge in [0.05, 0.1) is 23.5 Å². The van der Waals surface area contributed by atoms with Crippen molar-refractivity contribution < 1.29 is 9.18 Å². The molecular weight excluding hydrogens is 271 g/mol. The van der Waals surface area contributed by atoms with E-state index in [2.05, 4.69) is 13.8 Å². The van der Waals surface area contributed by atoms with Gasteiger partial charge in [0.1, 0.15) is 0 Å². The number of carbonyl (C=O) groups is 1. The number of aromatic nitrogens is 1. The van der Waals surface area contributed by atoms with Crippen LogP contribution in [0.2, 0.25) is 0 Å². The number of hydrogen-bond acceptors (Lipinski definition) is 2. The van der Waals surface area contributed by atoms with Gasteiger partial charge in [0.2, 0.25) is 0 Å². The lowest BCUT2D eigenvalue weighted by Crippen LogP contribution is -2.25. The van der Waals surface area contributed by atoms with Gasteiger partial charge in [-0.25, -0.2) is 4.39 Å². The smallest absolute Gasteiger partial charge is 0.269 e. The molecule has 3 heterocycles. The normalized spacial score (nSPS) is 22.2. The minimum absolute atomic E-state index is 0.0730. The number of nitrogens with zero attached hydrogens (tertiary/aromatic N) is 2. The van der Waals surface area contributed by atoms with Gasteiger partial charge in [-0.3, -0.25) is 9.10 Å². The summed E-state index contributed by atoms with van der Waals surface area (Å²) in [6.07, 6.45) is 2.51. The van der Waals surface area contributed by atoms with E-state index in [0.717, 1.165) is 12.2 Å². The fourth-order valence-corrected chi connectivity index (χ4v) is 3.90. The molecule has 0 bridgehead atoms. The van der Waals surface area contributed by atoms with Crippen LogP contribution in [-0.2, 0) is 40.3 Å². The van der Waals surface area contributed by atoms with E-state index in [0.29, 0.717) is 18.7 Å². The molecule has 0 saturated heterocycles. The molecule has 2 aliphatic heterocycles. The van der Waals surface area contributed by atoms with E-state index >= 15 is 0 Å². The molecule has 0 spiro atoms. The first kappa shape index (κ1) is 12.3. The van der Waals surface area contributed by atoms with E-state index < -0.39 is 9.64 Å². The Hall–Kier alpha value is -0.750. The first-order valence-corrected chi connectivity index (χ1v) is 8.38. The molecule has 1 aromatic heterocycles. The summed E-state index contributed by atoms with van der Waals surface area (Å²) in [6, 6.07) is 0. The van der Waals surface area contributed by atoms with Crippen LogP contribution in [0.25, 0.3) is 0 Å². The van der Waals surface area contributed by atoms with Crippen LogP contribution in [0.5, 0.6) is 0 Å². The Labute approximate surface area is 113 Å². The largest absolute Gasteiger partial charge is 0.343 e. The summed E-state index contributed by atoms with van der Waals surface area (Å²) >= 11 is 5.15. The summed E-state index contributed by atoms with van der Waals surface area (Å²) in [5, 5.41) is 0. The van der Waals surface area contributed by atoms with Crippen LogP contribution >= 0.6 is 0 Å². The van der Waals surface area contributed by atoms with Gasteiger partial charge in [-0.15, -0.1) is 0 Å². The second-order valence-electron chi connectivity index (χ2n) is 5.78. The average molecular weight is 286 g/mol. The Morgan fingerprint density at radius 2 is 2.06 bits per heavy atom. The Morgan fingerprint density at radius 3 is 2.67 bits per heavy atom. The highest BCUT2D eigenvalue weighted by atomic mass is 32.8. The number of halogens is 1. The van der Waals surface area contributed by atoms with E-state index in [-0.39, 0.29) is 22.7 Å². The van der Waals surface area contributed by atoms with Gasteiger partial charge in [0, 0.05) is 12.8 Å². The molecular formula is C12H15FN2OS2. The van der Waals surface area contributed by atoms with Gasteiger partial charge in [0.15, 0.2) is 5.82 Å². The van der Waals surface area contributed by atoms with E-state index in [1.54, 1.807) is 4.31 Å². The Morgan fingerprint density at radius 1 is 1.39 bits per heavy atom. The Bertz CT molecular complexity index is 591. The fourth-order valence-electron chi connectivity index (χ4n) is 2.91. The number of hydrogen-bond donors (Lipinski definition) is 0. The third-order valence-electron chi connectivity index (χ3n) is 3.69. The lowest BCUT2D eigenvalue weighted by atomic mass is 9.91. The Balaban J connectivity index is 2.11. The van der Waals surface area contributed by atoms with E-state index in [9.17, 15) is 9.18 Å². The summed E-state index contributed by atoms with van der Waals surface area (Å²) in [6.45, 7) is 5.49. The molecule has 3 rings (SSSR count). The first-order chi connectivity index (χ1) is 8.32. The van der Waals surface area contributed by atoms with Crippen LogP contribution in [0.15, 0.2) is 0 Å². The lowest BCUT2D eigenvalue weighted by molar-refractivity contribution is 0.0884. The van der Waals surface area contributed by atoms with Crippen LogP contribution in [0, 0.1) is 11.2 Å². The number of carbonyl (C=O) groups excluding carboxylic acids is 1. The minimum Gasteiger partial charge on any atom is -0.343 e. The summed E-state index contributed by atoms with van der Waals surface area (Å²) in [5.74, 6) is -0.549. The highest BCUT2D eigenvalue weighted by Gasteiger charge is 2.42. The monoisotopic (exact) mass is 286 g/mol. The van der Waals surface area contributed by atoms with Crippen molar-refractivity contribution >= 4 is 26.7 Å².